The number of hydrogen-bond donors (Lipinski definition) is 1. The van der Waals surface area contributed by atoms with E-state index in [1.807, 2.05) is 0 Å². The standard InChI is InChI=1S/C14H9F3N2S/c15-14(16,17)9-1-2-12-8(5-9)6-13(20-12)11-7-10(18)3-4-19-11/h1-7H,(H2,18,19). The first-order valence-electron chi connectivity index (χ1n) is 5.76. The molecule has 102 valence electrons. The number of benzene rings is 1. The van der Waals surface area contributed by atoms with Crippen molar-refractivity contribution in [3.63, 3.8) is 0 Å². The molecule has 0 saturated heterocycles. The Bertz CT molecular complexity index is 777. The van der Waals surface area contributed by atoms with Gasteiger partial charge >= 0.3 is 6.18 Å². The predicted molar refractivity (Wildman–Crippen MR) is 74.5 cm³/mol. The first-order chi connectivity index (χ1) is 9.43. The fraction of sp³-hybridized carbons (Fsp3) is 0.0714. The second-order valence-electron chi connectivity index (χ2n) is 4.34. The van der Waals surface area contributed by atoms with Crippen LogP contribution in [0.1, 0.15) is 5.56 Å². The minimum Gasteiger partial charge on any atom is -0.399 e. The van der Waals surface area contributed by atoms with E-state index in [4.69, 9.17) is 5.73 Å². The van der Waals surface area contributed by atoms with Crippen molar-refractivity contribution in [1.82, 2.24) is 4.98 Å². The number of halogens is 3. The number of nitrogen functional groups attached to an aromatic ring is 1. The predicted octanol–water partition coefficient (Wildman–Crippen LogP) is 4.56. The minimum absolute atomic E-state index is 0.559. The molecule has 0 atom stereocenters. The molecule has 0 amide bonds. The Balaban J connectivity index is 2.11. The first kappa shape index (κ1) is 12.9. The molecule has 3 aromatic rings. The summed E-state index contributed by atoms with van der Waals surface area (Å²) in [6.45, 7) is 0. The number of nitrogens with two attached hydrogens (primary N) is 1. The van der Waals surface area contributed by atoms with E-state index in [9.17, 15) is 13.2 Å². The van der Waals surface area contributed by atoms with Crippen molar-refractivity contribution in [1.29, 1.82) is 0 Å². The average molecular weight is 294 g/mol. The van der Waals surface area contributed by atoms with Crippen molar-refractivity contribution < 1.29 is 13.2 Å². The second-order valence-corrected chi connectivity index (χ2v) is 5.42. The number of alkyl halides is 3. The SMILES string of the molecule is Nc1ccnc(-c2cc3cc(C(F)(F)F)ccc3s2)c1. The van der Waals surface area contributed by atoms with Gasteiger partial charge in [-0.25, -0.2) is 0 Å². The van der Waals surface area contributed by atoms with E-state index in [0.29, 0.717) is 16.8 Å². The van der Waals surface area contributed by atoms with Crippen molar-refractivity contribution in [2.75, 3.05) is 5.73 Å². The molecule has 2 nitrogen and oxygen atoms in total. The van der Waals surface area contributed by atoms with Crippen molar-refractivity contribution >= 4 is 27.1 Å². The highest BCUT2D eigenvalue weighted by Gasteiger charge is 2.30. The Morgan fingerprint density at radius 1 is 1.05 bits per heavy atom. The largest absolute Gasteiger partial charge is 0.416 e. The second kappa shape index (κ2) is 4.49. The van der Waals surface area contributed by atoms with E-state index in [1.165, 1.54) is 17.4 Å². The maximum atomic E-state index is 12.7. The first-order valence-corrected chi connectivity index (χ1v) is 6.58. The van der Waals surface area contributed by atoms with Gasteiger partial charge in [0, 0.05) is 16.6 Å². The van der Waals surface area contributed by atoms with E-state index in [2.05, 4.69) is 4.98 Å². The molecule has 2 N–H and O–H groups in total. The van der Waals surface area contributed by atoms with Crippen LogP contribution in [0.3, 0.4) is 0 Å². The lowest BCUT2D eigenvalue weighted by Crippen LogP contribution is -2.03. The molecular formula is C14H9F3N2S. The van der Waals surface area contributed by atoms with Crippen LogP contribution >= 0.6 is 11.3 Å². The summed E-state index contributed by atoms with van der Waals surface area (Å²) in [6.07, 6.45) is -2.75. The summed E-state index contributed by atoms with van der Waals surface area (Å²) < 4.78 is 38.8. The minimum atomic E-state index is -4.33. The monoisotopic (exact) mass is 294 g/mol. The van der Waals surface area contributed by atoms with E-state index in [0.717, 1.165) is 21.7 Å². The molecule has 2 heterocycles. The molecule has 0 aliphatic rings. The molecule has 0 fully saturated rings. The smallest absolute Gasteiger partial charge is 0.399 e. The number of nitrogens with zero attached hydrogens (tertiary/aromatic N) is 1. The lowest BCUT2D eigenvalue weighted by molar-refractivity contribution is -0.137. The van der Waals surface area contributed by atoms with Crippen LogP contribution in [0.25, 0.3) is 20.7 Å². The van der Waals surface area contributed by atoms with Crippen LogP contribution in [-0.2, 0) is 6.18 Å². The van der Waals surface area contributed by atoms with Crippen molar-refractivity contribution in [3.8, 4) is 10.6 Å². The fourth-order valence-corrected chi connectivity index (χ4v) is 2.94. The lowest BCUT2D eigenvalue weighted by atomic mass is 10.1. The molecule has 20 heavy (non-hydrogen) atoms. The summed E-state index contributed by atoms with van der Waals surface area (Å²) in [5, 5.41) is 0.559. The van der Waals surface area contributed by atoms with E-state index >= 15 is 0 Å². The summed E-state index contributed by atoms with van der Waals surface area (Å²) >= 11 is 1.39. The van der Waals surface area contributed by atoms with Crippen molar-refractivity contribution in [3.05, 3.63) is 48.2 Å². The van der Waals surface area contributed by atoms with Crippen LogP contribution < -0.4 is 5.73 Å². The molecule has 0 aliphatic carbocycles. The molecule has 0 radical (unpaired) electrons. The number of aromatic nitrogens is 1. The van der Waals surface area contributed by atoms with Gasteiger partial charge in [-0.1, -0.05) is 0 Å². The third kappa shape index (κ3) is 2.34. The highest BCUT2D eigenvalue weighted by Crippen LogP contribution is 2.37. The molecule has 1 aromatic carbocycles. The topological polar surface area (TPSA) is 38.9 Å². The van der Waals surface area contributed by atoms with E-state index < -0.39 is 11.7 Å². The summed E-state index contributed by atoms with van der Waals surface area (Å²) in [4.78, 5) is 4.98. The van der Waals surface area contributed by atoms with E-state index in [1.54, 1.807) is 24.4 Å². The number of thiophene rings is 1. The van der Waals surface area contributed by atoms with E-state index in [-0.39, 0.29) is 0 Å². The van der Waals surface area contributed by atoms with Crippen LogP contribution in [0.15, 0.2) is 42.6 Å². The van der Waals surface area contributed by atoms with Gasteiger partial charge in [0.25, 0.3) is 0 Å². The highest BCUT2D eigenvalue weighted by molar-refractivity contribution is 7.22. The summed E-state index contributed by atoms with van der Waals surface area (Å²) in [5.41, 5.74) is 6.28. The average Bonchev–Trinajstić information content (AvgIpc) is 2.80. The lowest BCUT2D eigenvalue weighted by Gasteiger charge is -2.05. The Morgan fingerprint density at radius 3 is 2.55 bits per heavy atom. The molecule has 0 bridgehead atoms. The van der Waals surface area contributed by atoms with Crippen molar-refractivity contribution in [2.45, 2.75) is 6.18 Å². The Morgan fingerprint density at radius 2 is 1.85 bits per heavy atom. The van der Waals surface area contributed by atoms with Gasteiger partial charge in [-0.15, -0.1) is 11.3 Å². The Kier molecular flexibility index (Phi) is 2.90. The Labute approximate surface area is 116 Å². The van der Waals surface area contributed by atoms with Crippen LogP contribution in [0, 0.1) is 0 Å². The van der Waals surface area contributed by atoms with Crippen LogP contribution in [0.2, 0.25) is 0 Å². The summed E-state index contributed by atoms with van der Waals surface area (Å²) in [6, 6.07) is 8.81. The van der Waals surface area contributed by atoms with Crippen LogP contribution in [0.5, 0.6) is 0 Å². The van der Waals surface area contributed by atoms with Gasteiger partial charge in [0.1, 0.15) is 0 Å². The zero-order chi connectivity index (χ0) is 14.3. The van der Waals surface area contributed by atoms with Gasteiger partial charge in [0.15, 0.2) is 0 Å². The van der Waals surface area contributed by atoms with Gasteiger partial charge in [-0.2, -0.15) is 13.2 Å². The number of fused-ring (bicyclic) bond motifs is 1. The third-order valence-corrected chi connectivity index (χ3v) is 4.02. The number of pyridine rings is 1. The Hall–Kier alpha value is -2.08. The molecule has 0 unspecified atom stereocenters. The molecule has 0 aliphatic heterocycles. The maximum absolute atomic E-state index is 12.7. The number of rotatable bonds is 1. The molecule has 2 aromatic heterocycles. The number of anilines is 1. The zero-order valence-electron chi connectivity index (χ0n) is 10.1. The van der Waals surface area contributed by atoms with Crippen molar-refractivity contribution in [2.24, 2.45) is 0 Å². The normalized spacial score (nSPS) is 11.9. The maximum Gasteiger partial charge on any atom is 0.416 e. The van der Waals surface area contributed by atoms with Crippen LogP contribution in [0.4, 0.5) is 18.9 Å². The zero-order valence-corrected chi connectivity index (χ0v) is 10.9. The highest BCUT2D eigenvalue weighted by atomic mass is 32.1. The fourth-order valence-electron chi connectivity index (χ4n) is 1.93. The molecule has 6 heteroatoms. The summed E-state index contributed by atoms with van der Waals surface area (Å²) in [5.74, 6) is 0. The van der Waals surface area contributed by atoms with Gasteiger partial charge in [-0.05, 0) is 41.8 Å². The summed E-state index contributed by atoms with van der Waals surface area (Å²) in [7, 11) is 0. The quantitative estimate of drug-likeness (QED) is 0.714. The van der Waals surface area contributed by atoms with Gasteiger partial charge in [-0.3, -0.25) is 4.98 Å². The van der Waals surface area contributed by atoms with Crippen LogP contribution in [-0.4, -0.2) is 4.98 Å². The molecular weight excluding hydrogens is 285 g/mol. The van der Waals surface area contributed by atoms with Gasteiger partial charge in [0.2, 0.25) is 0 Å². The van der Waals surface area contributed by atoms with Gasteiger partial charge < -0.3 is 5.73 Å². The third-order valence-electron chi connectivity index (χ3n) is 2.88. The molecule has 0 spiro atoms. The molecule has 3 rings (SSSR count). The molecule has 0 saturated carbocycles. The van der Waals surface area contributed by atoms with Gasteiger partial charge in [0.05, 0.1) is 16.1 Å². The number of hydrogen-bond acceptors (Lipinski definition) is 3.